The molecular weight excluding hydrogens is 451 g/mol. The second-order valence-electron chi connectivity index (χ2n) is 8.13. The summed E-state index contributed by atoms with van der Waals surface area (Å²) in [5, 5.41) is 12.0. The Morgan fingerprint density at radius 2 is 1.94 bits per heavy atom. The molecule has 0 aliphatic carbocycles. The molecule has 1 saturated heterocycles. The van der Waals surface area contributed by atoms with Gasteiger partial charge in [0.05, 0.1) is 7.11 Å². The molecule has 1 fully saturated rings. The van der Waals surface area contributed by atoms with Crippen LogP contribution in [0, 0.1) is 22.8 Å². The van der Waals surface area contributed by atoms with E-state index < -0.39 is 52.5 Å². The van der Waals surface area contributed by atoms with Crippen LogP contribution in [0.4, 0.5) is 22.0 Å². The predicted molar refractivity (Wildman–Crippen MR) is 107 cm³/mol. The van der Waals surface area contributed by atoms with Gasteiger partial charge in [-0.3, -0.25) is 4.79 Å². The van der Waals surface area contributed by atoms with Gasteiger partial charge < -0.3 is 19.7 Å². The number of alkyl halides is 3. The van der Waals surface area contributed by atoms with Crippen molar-refractivity contribution in [2.75, 3.05) is 7.11 Å². The van der Waals surface area contributed by atoms with Gasteiger partial charge in [0, 0.05) is 35.2 Å². The van der Waals surface area contributed by atoms with Crippen molar-refractivity contribution in [3.05, 3.63) is 74.9 Å². The fourth-order valence-corrected chi connectivity index (χ4v) is 4.47. The number of nitrogens with zero attached hydrogens (tertiary/aromatic N) is 1. The van der Waals surface area contributed by atoms with Crippen molar-refractivity contribution in [2.45, 2.75) is 37.6 Å². The van der Waals surface area contributed by atoms with Crippen molar-refractivity contribution in [3.8, 4) is 5.75 Å². The Bertz CT molecular complexity index is 1290. The van der Waals surface area contributed by atoms with Crippen LogP contribution in [0.5, 0.6) is 5.75 Å². The fourth-order valence-electron chi connectivity index (χ4n) is 4.47. The number of pyridine rings is 2. The molecule has 0 spiro atoms. The van der Waals surface area contributed by atoms with Crippen LogP contribution in [0.15, 0.2) is 41.3 Å². The molecule has 6 nitrogen and oxygen atoms in total. The third kappa shape index (κ3) is 3.41. The van der Waals surface area contributed by atoms with Crippen LogP contribution in [0.1, 0.15) is 37.1 Å². The summed E-state index contributed by atoms with van der Waals surface area (Å²) in [4.78, 5) is 15.4. The van der Waals surface area contributed by atoms with Crippen LogP contribution in [0.25, 0.3) is 11.0 Å². The van der Waals surface area contributed by atoms with Gasteiger partial charge in [-0.2, -0.15) is 22.3 Å². The third-order valence-corrected chi connectivity index (χ3v) is 6.38. The quantitative estimate of drug-likeness (QED) is 0.353. The van der Waals surface area contributed by atoms with Gasteiger partial charge >= 0.3 is 6.18 Å². The van der Waals surface area contributed by atoms with E-state index in [1.807, 2.05) is 0 Å². The molecule has 4 atom stereocenters. The lowest BCUT2D eigenvalue weighted by Crippen LogP contribution is -2.46. The monoisotopic (exact) mass is 470 g/mol. The summed E-state index contributed by atoms with van der Waals surface area (Å²) in [7, 11) is 1.07. The predicted octanol–water partition coefficient (Wildman–Crippen LogP) is 4.26. The molecule has 0 radical (unpaired) electrons. The van der Waals surface area contributed by atoms with Gasteiger partial charge in [0.15, 0.2) is 23.4 Å². The van der Waals surface area contributed by atoms with Crippen molar-refractivity contribution in [3.63, 3.8) is 0 Å². The lowest BCUT2D eigenvalue weighted by molar-refractivity contribution is -0.577. The van der Waals surface area contributed by atoms with Crippen LogP contribution < -0.4 is 14.9 Å². The summed E-state index contributed by atoms with van der Waals surface area (Å²) in [5.74, 6) is -5.59. The van der Waals surface area contributed by atoms with Gasteiger partial charge in [-0.1, -0.05) is 13.0 Å². The number of nitrogens with one attached hydrogen (secondary N) is 1. The smallest absolute Gasteiger partial charge is 0.417 e. The van der Waals surface area contributed by atoms with Gasteiger partial charge in [0.2, 0.25) is 5.82 Å². The molecule has 3 aromatic rings. The van der Waals surface area contributed by atoms with Crippen molar-refractivity contribution in [2.24, 2.45) is 5.92 Å². The van der Waals surface area contributed by atoms with Crippen molar-refractivity contribution >= 4 is 11.0 Å². The Kier molecular flexibility index (Phi) is 5.35. The Morgan fingerprint density at radius 1 is 1.24 bits per heavy atom. The van der Waals surface area contributed by atoms with Crippen LogP contribution in [0.2, 0.25) is 0 Å². The van der Waals surface area contributed by atoms with Crippen molar-refractivity contribution in [1.82, 2.24) is 4.98 Å². The van der Waals surface area contributed by atoms with Gasteiger partial charge in [0.25, 0.3) is 10.9 Å². The molecule has 0 amide bonds. The number of hydrogen-bond donors (Lipinski definition) is 1. The summed E-state index contributed by atoms with van der Waals surface area (Å²) < 4.78 is 81.4. The number of fused-ring (bicyclic) bond motifs is 1. The number of rotatable bonds is 3. The van der Waals surface area contributed by atoms with E-state index in [1.54, 1.807) is 0 Å². The molecule has 1 aromatic carbocycles. The van der Waals surface area contributed by atoms with Gasteiger partial charge in [-0.25, -0.2) is 4.39 Å². The minimum absolute atomic E-state index is 0.0460. The van der Waals surface area contributed by atoms with Crippen LogP contribution in [0.3, 0.4) is 0 Å². The standard InChI is InChI=1S/C22H19F5N2O4/c1-10-16(11-6-7-12(23)17(24)19(11)32-3)20(33-21(10,2)22(25,26)27)14-9-15(30)18-13(28-14)5-4-8-29(18)31/h4-10,16,20H,1-3H3,(H,28,30)/t10-,16-,20-,21+/m0/s1. The van der Waals surface area contributed by atoms with E-state index in [0.29, 0.717) is 4.73 Å². The van der Waals surface area contributed by atoms with Gasteiger partial charge in [-0.05, 0) is 19.1 Å². The molecule has 1 N–H and O–H groups in total. The number of hydrogen-bond acceptors (Lipinski definition) is 4. The number of benzene rings is 1. The number of ether oxygens (including phenoxy) is 2. The first-order valence-electron chi connectivity index (χ1n) is 9.92. The SMILES string of the molecule is COc1c([C@H]2[C@H](c3cc(=O)c4c(ccc[n+]4[O-])[nH]3)O[C@@](C)(C(F)(F)F)[C@H]2C)ccc(F)c1F. The summed E-state index contributed by atoms with van der Waals surface area (Å²) >= 11 is 0. The number of aromatic nitrogens is 2. The zero-order valence-electron chi connectivity index (χ0n) is 17.7. The topological polar surface area (TPSA) is 78.3 Å². The maximum atomic E-state index is 14.5. The number of halogens is 5. The summed E-state index contributed by atoms with van der Waals surface area (Å²) in [5.41, 5.74) is -3.65. The Hall–Kier alpha value is -3.21. The first-order chi connectivity index (χ1) is 15.4. The second kappa shape index (κ2) is 7.68. The largest absolute Gasteiger partial charge is 0.618 e. The molecule has 33 heavy (non-hydrogen) atoms. The van der Waals surface area contributed by atoms with Crippen molar-refractivity contribution in [1.29, 1.82) is 0 Å². The van der Waals surface area contributed by atoms with E-state index in [1.165, 1.54) is 19.1 Å². The highest BCUT2D eigenvalue weighted by Gasteiger charge is 2.65. The van der Waals surface area contributed by atoms with E-state index in [9.17, 15) is 32.0 Å². The molecule has 1 aliphatic rings. The highest BCUT2D eigenvalue weighted by molar-refractivity contribution is 5.70. The number of H-pyrrole nitrogens is 1. The summed E-state index contributed by atoms with van der Waals surface area (Å²) in [6, 6.07) is 5.70. The molecule has 3 heterocycles. The minimum Gasteiger partial charge on any atom is -0.618 e. The lowest BCUT2D eigenvalue weighted by atomic mass is 9.76. The first-order valence-corrected chi connectivity index (χ1v) is 9.92. The van der Waals surface area contributed by atoms with Gasteiger partial charge in [0.1, 0.15) is 11.6 Å². The third-order valence-electron chi connectivity index (χ3n) is 6.38. The number of methoxy groups -OCH3 is 1. The molecule has 4 rings (SSSR count). The molecule has 0 saturated carbocycles. The minimum atomic E-state index is -4.82. The van der Waals surface area contributed by atoms with Crippen LogP contribution in [-0.4, -0.2) is 23.9 Å². The van der Waals surface area contributed by atoms with Crippen molar-refractivity contribution < 1.29 is 36.2 Å². The normalized spacial score (nSPS) is 25.5. The average Bonchev–Trinajstić information content (AvgIpc) is 3.02. The molecule has 0 unspecified atom stereocenters. The van der Waals surface area contributed by atoms with Crippen LogP contribution >= 0.6 is 0 Å². The summed E-state index contributed by atoms with van der Waals surface area (Å²) in [6.45, 7) is 2.14. The van der Waals surface area contributed by atoms with E-state index >= 15 is 0 Å². The Balaban J connectivity index is 1.97. The van der Waals surface area contributed by atoms with E-state index in [4.69, 9.17) is 9.47 Å². The highest BCUT2D eigenvalue weighted by Crippen LogP contribution is 2.59. The van der Waals surface area contributed by atoms with E-state index in [0.717, 1.165) is 38.4 Å². The average molecular weight is 470 g/mol. The first kappa shape index (κ1) is 23.0. The zero-order valence-corrected chi connectivity index (χ0v) is 17.7. The molecule has 176 valence electrons. The maximum Gasteiger partial charge on any atom is 0.417 e. The highest BCUT2D eigenvalue weighted by atomic mass is 19.4. The molecule has 2 aromatic heterocycles. The summed E-state index contributed by atoms with van der Waals surface area (Å²) in [6.07, 6.45) is -5.12. The second-order valence-corrected chi connectivity index (χ2v) is 8.13. The molecule has 1 aliphatic heterocycles. The fraction of sp³-hybridized carbons (Fsp3) is 0.364. The van der Waals surface area contributed by atoms with Gasteiger partial charge in [-0.15, -0.1) is 0 Å². The lowest BCUT2D eigenvalue weighted by Gasteiger charge is -2.32. The molecule has 0 bridgehead atoms. The van der Waals surface area contributed by atoms with Crippen LogP contribution in [-0.2, 0) is 4.74 Å². The molecular formula is C22H19F5N2O4. The Labute approximate surface area is 184 Å². The number of aromatic amines is 1. The van der Waals surface area contributed by atoms with E-state index in [-0.39, 0.29) is 22.3 Å². The molecule has 11 heteroatoms. The van der Waals surface area contributed by atoms with E-state index in [2.05, 4.69) is 4.98 Å². The maximum absolute atomic E-state index is 14.5. The zero-order chi connectivity index (χ0) is 24.3. The Morgan fingerprint density at radius 3 is 2.58 bits per heavy atom.